The van der Waals surface area contributed by atoms with Crippen LogP contribution in [0, 0.1) is 0 Å². The van der Waals surface area contributed by atoms with Gasteiger partial charge >= 0.3 is 0 Å². The molecule has 0 fully saturated rings. The maximum Gasteiger partial charge on any atom is 0.291 e. The number of anilines is 2. The molecule has 0 radical (unpaired) electrons. The number of rotatable bonds is 3. The van der Waals surface area contributed by atoms with Crippen LogP contribution in [0.1, 0.15) is 24.4 Å². The van der Waals surface area contributed by atoms with Gasteiger partial charge in [-0.3, -0.25) is 9.59 Å². The molecule has 0 spiro atoms. The van der Waals surface area contributed by atoms with Crippen molar-refractivity contribution in [1.82, 2.24) is 0 Å². The summed E-state index contributed by atoms with van der Waals surface area (Å²) in [5, 5.41) is 2.74. The lowest BCUT2D eigenvalue weighted by molar-refractivity contribution is -0.121. The minimum atomic E-state index is -0.343. The maximum atomic E-state index is 12.0. The molecule has 2 amide bonds. The van der Waals surface area contributed by atoms with Crippen LogP contribution in [-0.4, -0.2) is 24.5 Å². The Kier molecular flexibility index (Phi) is 3.58. The Labute approximate surface area is 127 Å². The summed E-state index contributed by atoms with van der Waals surface area (Å²) in [6, 6.07) is 8.44. The molecular weight excluding hydrogens is 284 g/mol. The molecule has 0 bridgehead atoms. The number of hydrogen-bond donors (Lipinski definition) is 1. The van der Waals surface area contributed by atoms with Crippen LogP contribution < -0.4 is 15.0 Å². The molecule has 6 nitrogen and oxygen atoms in total. The standard InChI is InChI=1S/C16H16N2O4/c1-10(2)18-12-8-11(5-6-13(12)22-9-15(18)19)17-16(20)14-4-3-7-21-14/h3-8,10H,9H2,1-2H3,(H,17,20). The van der Waals surface area contributed by atoms with Crippen molar-refractivity contribution in [2.24, 2.45) is 0 Å². The topological polar surface area (TPSA) is 71.8 Å². The molecule has 1 aliphatic rings. The van der Waals surface area contributed by atoms with Gasteiger partial charge in [-0.15, -0.1) is 0 Å². The van der Waals surface area contributed by atoms with E-state index in [9.17, 15) is 9.59 Å². The third-order valence-electron chi connectivity index (χ3n) is 3.36. The van der Waals surface area contributed by atoms with E-state index in [-0.39, 0.29) is 30.2 Å². The van der Waals surface area contributed by atoms with E-state index in [4.69, 9.17) is 9.15 Å². The van der Waals surface area contributed by atoms with Crippen molar-refractivity contribution in [1.29, 1.82) is 0 Å². The van der Waals surface area contributed by atoms with Crippen LogP contribution >= 0.6 is 0 Å². The number of nitrogens with one attached hydrogen (secondary N) is 1. The summed E-state index contributed by atoms with van der Waals surface area (Å²) in [6.07, 6.45) is 1.44. The third kappa shape index (κ3) is 2.55. The van der Waals surface area contributed by atoms with Gasteiger partial charge in [0.1, 0.15) is 5.75 Å². The predicted molar refractivity (Wildman–Crippen MR) is 81.2 cm³/mol. The Morgan fingerprint density at radius 1 is 1.32 bits per heavy atom. The molecule has 2 heterocycles. The Hall–Kier alpha value is -2.76. The zero-order valence-electron chi connectivity index (χ0n) is 12.3. The van der Waals surface area contributed by atoms with Crippen LogP contribution in [-0.2, 0) is 4.79 Å². The highest BCUT2D eigenvalue weighted by atomic mass is 16.5. The summed E-state index contributed by atoms with van der Waals surface area (Å²) in [7, 11) is 0. The number of carbonyl (C=O) groups excluding carboxylic acids is 2. The Morgan fingerprint density at radius 2 is 2.14 bits per heavy atom. The second-order valence-corrected chi connectivity index (χ2v) is 5.26. The van der Waals surface area contributed by atoms with Gasteiger partial charge in [0.2, 0.25) is 0 Å². The molecule has 0 atom stereocenters. The summed E-state index contributed by atoms with van der Waals surface area (Å²) >= 11 is 0. The maximum absolute atomic E-state index is 12.0. The fourth-order valence-electron chi connectivity index (χ4n) is 2.42. The second kappa shape index (κ2) is 5.55. The van der Waals surface area contributed by atoms with Crippen molar-refractivity contribution in [2.75, 3.05) is 16.8 Å². The smallest absolute Gasteiger partial charge is 0.291 e. The van der Waals surface area contributed by atoms with Crippen LogP contribution in [0.15, 0.2) is 41.0 Å². The van der Waals surface area contributed by atoms with Gasteiger partial charge in [0.05, 0.1) is 12.0 Å². The fraction of sp³-hybridized carbons (Fsp3) is 0.250. The first-order valence-electron chi connectivity index (χ1n) is 7.00. The average Bonchev–Trinajstić information content (AvgIpc) is 3.00. The summed E-state index contributed by atoms with van der Waals surface area (Å²) in [5.41, 5.74) is 1.23. The highest BCUT2D eigenvalue weighted by Gasteiger charge is 2.28. The first-order chi connectivity index (χ1) is 10.6. The van der Waals surface area contributed by atoms with Crippen LogP contribution in [0.4, 0.5) is 11.4 Å². The largest absolute Gasteiger partial charge is 0.482 e. The van der Waals surface area contributed by atoms with Crippen LogP contribution in [0.2, 0.25) is 0 Å². The molecule has 1 aromatic carbocycles. The number of carbonyl (C=O) groups is 2. The first-order valence-corrected chi connectivity index (χ1v) is 7.00. The van der Waals surface area contributed by atoms with E-state index in [0.29, 0.717) is 17.1 Å². The monoisotopic (exact) mass is 300 g/mol. The highest BCUT2D eigenvalue weighted by molar-refractivity contribution is 6.04. The van der Waals surface area contributed by atoms with E-state index in [1.165, 1.54) is 6.26 Å². The molecule has 1 N–H and O–H groups in total. The molecule has 6 heteroatoms. The van der Waals surface area contributed by atoms with Crippen molar-refractivity contribution in [3.8, 4) is 5.75 Å². The highest BCUT2D eigenvalue weighted by Crippen LogP contribution is 2.35. The summed E-state index contributed by atoms with van der Waals surface area (Å²) < 4.78 is 10.5. The molecule has 114 valence electrons. The molecule has 1 aliphatic heterocycles. The summed E-state index contributed by atoms with van der Waals surface area (Å²) in [5.74, 6) is 0.413. The molecule has 1 aromatic heterocycles. The lowest BCUT2D eigenvalue weighted by Crippen LogP contribution is -2.43. The molecule has 3 rings (SSSR count). The van der Waals surface area contributed by atoms with Gasteiger partial charge in [0.15, 0.2) is 12.4 Å². The molecule has 0 unspecified atom stereocenters. The van der Waals surface area contributed by atoms with Crippen LogP contribution in [0.5, 0.6) is 5.75 Å². The van der Waals surface area contributed by atoms with Gasteiger partial charge in [-0.05, 0) is 44.2 Å². The molecule has 22 heavy (non-hydrogen) atoms. The van der Waals surface area contributed by atoms with Gasteiger partial charge in [-0.25, -0.2) is 0 Å². The lowest BCUT2D eigenvalue weighted by Gasteiger charge is -2.32. The van der Waals surface area contributed by atoms with Crippen LogP contribution in [0.25, 0.3) is 0 Å². The van der Waals surface area contributed by atoms with Crippen molar-refractivity contribution >= 4 is 23.2 Å². The minimum Gasteiger partial charge on any atom is -0.482 e. The van der Waals surface area contributed by atoms with Crippen molar-refractivity contribution in [3.63, 3.8) is 0 Å². The van der Waals surface area contributed by atoms with Crippen molar-refractivity contribution in [2.45, 2.75) is 19.9 Å². The molecule has 0 saturated heterocycles. The van der Waals surface area contributed by atoms with Crippen LogP contribution in [0.3, 0.4) is 0 Å². The Morgan fingerprint density at radius 3 is 2.82 bits per heavy atom. The van der Waals surface area contributed by atoms with Gasteiger partial charge in [0.25, 0.3) is 11.8 Å². The van der Waals surface area contributed by atoms with E-state index in [1.54, 1.807) is 35.2 Å². The molecule has 0 saturated carbocycles. The average molecular weight is 300 g/mol. The number of furan rings is 1. The summed E-state index contributed by atoms with van der Waals surface area (Å²) in [6.45, 7) is 3.89. The normalized spacial score (nSPS) is 13.8. The van der Waals surface area contributed by atoms with Crippen molar-refractivity contribution < 1.29 is 18.7 Å². The summed E-state index contributed by atoms with van der Waals surface area (Å²) in [4.78, 5) is 25.7. The predicted octanol–water partition coefficient (Wildman–Crippen LogP) is 2.67. The van der Waals surface area contributed by atoms with Gasteiger partial charge in [-0.1, -0.05) is 0 Å². The van der Waals surface area contributed by atoms with E-state index in [2.05, 4.69) is 5.32 Å². The SMILES string of the molecule is CC(C)N1C(=O)COc2ccc(NC(=O)c3ccco3)cc21. The minimum absolute atomic E-state index is 0.00572. The van der Waals surface area contributed by atoms with Crippen molar-refractivity contribution in [3.05, 3.63) is 42.4 Å². The van der Waals surface area contributed by atoms with E-state index >= 15 is 0 Å². The number of nitrogens with zero attached hydrogens (tertiary/aromatic N) is 1. The zero-order valence-corrected chi connectivity index (χ0v) is 12.3. The molecule has 0 aliphatic carbocycles. The quantitative estimate of drug-likeness (QED) is 0.946. The van der Waals surface area contributed by atoms with Gasteiger partial charge < -0.3 is 19.4 Å². The second-order valence-electron chi connectivity index (χ2n) is 5.26. The molecule has 2 aromatic rings. The third-order valence-corrected chi connectivity index (χ3v) is 3.36. The lowest BCUT2D eigenvalue weighted by atomic mass is 10.1. The molecular formula is C16H16N2O4. The number of hydrogen-bond acceptors (Lipinski definition) is 4. The fourth-order valence-corrected chi connectivity index (χ4v) is 2.42. The number of benzene rings is 1. The Bertz CT molecular complexity index is 707. The first kappa shape index (κ1) is 14.2. The van der Waals surface area contributed by atoms with E-state index < -0.39 is 0 Å². The van der Waals surface area contributed by atoms with Gasteiger partial charge in [0, 0.05) is 11.7 Å². The van der Waals surface area contributed by atoms with E-state index in [1.807, 2.05) is 13.8 Å². The number of amides is 2. The number of fused-ring (bicyclic) bond motifs is 1. The number of ether oxygens (including phenoxy) is 1. The Balaban J connectivity index is 1.89. The van der Waals surface area contributed by atoms with E-state index in [0.717, 1.165) is 0 Å². The van der Waals surface area contributed by atoms with Gasteiger partial charge in [-0.2, -0.15) is 0 Å². The zero-order chi connectivity index (χ0) is 15.7.